The zero-order valence-corrected chi connectivity index (χ0v) is 10.4. The van der Waals surface area contributed by atoms with E-state index in [0.29, 0.717) is 11.8 Å². The fourth-order valence-electron chi connectivity index (χ4n) is 3.32. The number of carbonyl (C=O) groups excluding carboxylic acids is 2. The number of amides is 2. The number of nitrogens with one attached hydrogen (secondary N) is 2. The molecular formula is C12H21N3O2. The lowest BCUT2D eigenvalue weighted by Gasteiger charge is -2.28. The zero-order valence-electron chi connectivity index (χ0n) is 10.4. The van der Waals surface area contributed by atoms with E-state index in [9.17, 15) is 9.59 Å². The van der Waals surface area contributed by atoms with Crippen LogP contribution in [0.15, 0.2) is 0 Å². The van der Waals surface area contributed by atoms with Gasteiger partial charge in [0.05, 0.1) is 5.92 Å². The largest absolute Gasteiger partial charge is 0.357 e. The van der Waals surface area contributed by atoms with E-state index in [1.54, 1.807) is 14.0 Å². The molecule has 5 atom stereocenters. The quantitative estimate of drug-likeness (QED) is 0.627. The molecule has 0 aromatic heterocycles. The average Bonchev–Trinajstić information content (AvgIpc) is 2.87. The summed E-state index contributed by atoms with van der Waals surface area (Å²) in [6.07, 6.45) is 3.33. The third-order valence-electron chi connectivity index (χ3n) is 4.28. The first-order valence-electron chi connectivity index (χ1n) is 6.32. The summed E-state index contributed by atoms with van der Waals surface area (Å²) in [6.45, 7) is 1.69. The van der Waals surface area contributed by atoms with Crippen molar-refractivity contribution in [1.29, 1.82) is 0 Å². The lowest BCUT2D eigenvalue weighted by atomic mass is 9.84. The van der Waals surface area contributed by atoms with Gasteiger partial charge in [-0.1, -0.05) is 0 Å². The molecule has 2 aliphatic rings. The van der Waals surface area contributed by atoms with Crippen molar-refractivity contribution in [3.63, 3.8) is 0 Å². The molecule has 5 nitrogen and oxygen atoms in total. The van der Waals surface area contributed by atoms with Crippen LogP contribution in [0.4, 0.5) is 0 Å². The van der Waals surface area contributed by atoms with E-state index < -0.39 is 6.04 Å². The van der Waals surface area contributed by atoms with Gasteiger partial charge in [0.1, 0.15) is 6.04 Å². The standard InChI is InChI=1S/C12H21N3O2/c1-6(11(16)14-2)15-12(17)9-7-3-4-8(5-7)10(9)13/h6-10H,3-5,13H2,1-2H3,(H,14,16)(H,15,17). The maximum absolute atomic E-state index is 12.1. The molecule has 5 heteroatoms. The molecular weight excluding hydrogens is 218 g/mol. The van der Waals surface area contributed by atoms with E-state index in [2.05, 4.69) is 10.6 Å². The Labute approximate surface area is 102 Å². The molecule has 0 spiro atoms. The van der Waals surface area contributed by atoms with Crippen molar-refractivity contribution in [2.75, 3.05) is 7.05 Å². The molecule has 0 aromatic rings. The molecule has 2 saturated carbocycles. The maximum Gasteiger partial charge on any atom is 0.242 e. The third-order valence-corrected chi connectivity index (χ3v) is 4.28. The second-order valence-corrected chi connectivity index (χ2v) is 5.28. The molecule has 2 aliphatic carbocycles. The van der Waals surface area contributed by atoms with Gasteiger partial charge in [-0.15, -0.1) is 0 Å². The molecule has 2 rings (SSSR count). The lowest BCUT2D eigenvalue weighted by Crippen LogP contribution is -2.51. The maximum atomic E-state index is 12.1. The number of hydrogen-bond donors (Lipinski definition) is 3. The minimum absolute atomic E-state index is 0.0226. The van der Waals surface area contributed by atoms with E-state index in [1.807, 2.05) is 0 Å². The van der Waals surface area contributed by atoms with Crippen molar-refractivity contribution in [3.05, 3.63) is 0 Å². The van der Waals surface area contributed by atoms with Crippen LogP contribution in [-0.2, 0) is 9.59 Å². The third kappa shape index (κ3) is 2.16. The van der Waals surface area contributed by atoms with Gasteiger partial charge in [-0.25, -0.2) is 0 Å². The van der Waals surface area contributed by atoms with E-state index >= 15 is 0 Å². The van der Waals surface area contributed by atoms with Crippen molar-refractivity contribution in [1.82, 2.24) is 10.6 Å². The van der Waals surface area contributed by atoms with Gasteiger partial charge in [-0.2, -0.15) is 0 Å². The first-order chi connectivity index (χ1) is 8.04. The van der Waals surface area contributed by atoms with Crippen LogP contribution >= 0.6 is 0 Å². The molecule has 0 aliphatic heterocycles. The number of rotatable bonds is 3. The van der Waals surface area contributed by atoms with Crippen LogP contribution < -0.4 is 16.4 Å². The minimum Gasteiger partial charge on any atom is -0.357 e. The van der Waals surface area contributed by atoms with E-state index in [0.717, 1.165) is 19.3 Å². The summed E-state index contributed by atoms with van der Waals surface area (Å²) >= 11 is 0. The Morgan fingerprint density at radius 2 is 1.94 bits per heavy atom. The highest BCUT2D eigenvalue weighted by molar-refractivity contribution is 5.88. The Morgan fingerprint density at radius 1 is 1.29 bits per heavy atom. The molecule has 0 radical (unpaired) electrons. The predicted molar refractivity (Wildman–Crippen MR) is 64.0 cm³/mol. The molecule has 2 bridgehead atoms. The highest BCUT2D eigenvalue weighted by Crippen LogP contribution is 2.47. The van der Waals surface area contributed by atoms with Gasteiger partial charge in [0, 0.05) is 13.1 Å². The Bertz CT molecular complexity index is 330. The van der Waals surface area contributed by atoms with Crippen molar-refractivity contribution in [2.45, 2.75) is 38.3 Å². The molecule has 2 fully saturated rings. The first kappa shape index (κ1) is 12.4. The second-order valence-electron chi connectivity index (χ2n) is 5.28. The molecule has 4 N–H and O–H groups in total. The van der Waals surface area contributed by atoms with E-state index in [-0.39, 0.29) is 23.8 Å². The highest BCUT2D eigenvalue weighted by Gasteiger charge is 2.49. The summed E-state index contributed by atoms with van der Waals surface area (Å²) in [7, 11) is 1.56. The lowest BCUT2D eigenvalue weighted by molar-refractivity contribution is -0.132. The molecule has 96 valence electrons. The summed E-state index contributed by atoms with van der Waals surface area (Å²) in [5.74, 6) is 0.606. The second kappa shape index (κ2) is 4.64. The smallest absolute Gasteiger partial charge is 0.242 e. The van der Waals surface area contributed by atoms with E-state index in [4.69, 9.17) is 5.73 Å². The monoisotopic (exact) mass is 239 g/mol. The molecule has 0 aromatic carbocycles. The summed E-state index contributed by atoms with van der Waals surface area (Å²) in [5, 5.41) is 5.28. The number of likely N-dealkylation sites (N-methyl/N-ethyl adjacent to an activating group) is 1. The highest BCUT2D eigenvalue weighted by atomic mass is 16.2. The van der Waals surface area contributed by atoms with Gasteiger partial charge in [0.2, 0.25) is 11.8 Å². The van der Waals surface area contributed by atoms with Crippen LogP contribution in [0.25, 0.3) is 0 Å². The fraction of sp³-hybridized carbons (Fsp3) is 0.833. The van der Waals surface area contributed by atoms with Crippen molar-refractivity contribution in [3.8, 4) is 0 Å². The molecule has 0 heterocycles. The van der Waals surface area contributed by atoms with Gasteiger partial charge in [0.15, 0.2) is 0 Å². The van der Waals surface area contributed by atoms with Gasteiger partial charge in [-0.05, 0) is 38.0 Å². The average molecular weight is 239 g/mol. The molecule has 0 saturated heterocycles. The summed E-state index contributed by atoms with van der Waals surface area (Å²) < 4.78 is 0. The van der Waals surface area contributed by atoms with Crippen molar-refractivity contribution in [2.24, 2.45) is 23.5 Å². The van der Waals surface area contributed by atoms with Crippen molar-refractivity contribution >= 4 is 11.8 Å². The summed E-state index contributed by atoms with van der Waals surface area (Å²) in [5.41, 5.74) is 6.09. The predicted octanol–water partition coefficient (Wildman–Crippen LogP) is -0.389. The number of carbonyl (C=O) groups is 2. The van der Waals surface area contributed by atoms with Gasteiger partial charge < -0.3 is 16.4 Å². The normalized spacial score (nSPS) is 36.6. The van der Waals surface area contributed by atoms with Crippen LogP contribution in [0.2, 0.25) is 0 Å². The SMILES string of the molecule is CNC(=O)C(C)NC(=O)C1C2CCC(C2)C1N. The summed E-state index contributed by atoms with van der Waals surface area (Å²) in [4.78, 5) is 23.5. The Hall–Kier alpha value is -1.10. The van der Waals surface area contributed by atoms with Crippen LogP contribution in [-0.4, -0.2) is 30.9 Å². The number of hydrogen-bond acceptors (Lipinski definition) is 3. The van der Waals surface area contributed by atoms with Crippen molar-refractivity contribution < 1.29 is 9.59 Å². The Balaban J connectivity index is 1.94. The fourth-order valence-corrected chi connectivity index (χ4v) is 3.32. The zero-order chi connectivity index (χ0) is 12.6. The minimum atomic E-state index is -0.487. The summed E-state index contributed by atoms with van der Waals surface area (Å²) in [6, 6.07) is -0.510. The van der Waals surface area contributed by atoms with E-state index in [1.165, 1.54) is 0 Å². The topological polar surface area (TPSA) is 84.2 Å². The number of fused-ring (bicyclic) bond motifs is 2. The van der Waals surface area contributed by atoms with Gasteiger partial charge in [-0.3, -0.25) is 9.59 Å². The molecule has 5 unspecified atom stereocenters. The van der Waals surface area contributed by atoms with Crippen LogP contribution in [0.1, 0.15) is 26.2 Å². The Morgan fingerprint density at radius 3 is 2.47 bits per heavy atom. The molecule has 17 heavy (non-hydrogen) atoms. The van der Waals surface area contributed by atoms with Crippen LogP contribution in [0, 0.1) is 17.8 Å². The van der Waals surface area contributed by atoms with Crippen LogP contribution in [0.3, 0.4) is 0 Å². The van der Waals surface area contributed by atoms with Gasteiger partial charge in [0.25, 0.3) is 0 Å². The van der Waals surface area contributed by atoms with Gasteiger partial charge >= 0.3 is 0 Å². The molecule has 2 amide bonds. The van der Waals surface area contributed by atoms with Crippen LogP contribution in [0.5, 0.6) is 0 Å². The first-order valence-corrected chi connectivity index (χ1v) is 6.32. The Kier molecular flexibility index (Phi) is 3.38. The number of nitrogens with two attached hydrogens (primary N) is 1.